The molecule has 1 atom stereocenters. The number of aromatic nitrogens is 2. The Morgan fingerprint density at radius 2 is 2.36 bits per heavy atom. The Labute approximate surface area is 65.2 Å². The lowest BCUT2D eigenvalue weighted by molar-refractivity contribution is 0.180. The molecule has 11 heavy (non-hydrogen) atoms. The minimum atomic E-state index is -0.304. The summed E-state index contributed by atoms with van der Waals surface area (Å²) < 4.78 is 4.84. The van der Waals surface area contributed by atoms with Crippen molar-refractivity contribution in [1.82, 2.24) is 10.1 Å². The van der Waals surface area contributed by atoms with Gasteiger partial charge >= 0.3 is 0 Å². The van der Waals surface area contributed by atoms with E-state index in [0.717, 1.165) is 0 Å². The molecule has 0 amide bonds. The highest BCUT2D eigenvalue weighted by molar-refractivity contribution is 4.82. The second kappa shape index (κ2) is 3.48. The van der Waals surface area contributed by atoms with Crippen LogP contribution in [-0.4, -0.2) is 21.4 Å². The number of aliphatic hydroxyl groups is 1. The molecule has 0 aliphatic carbocycles. The van der Waals surface area contributed by atoms with Crippen LogP contribution in [0.2, 0.25) is 0 Å². The smallest absolute Gasteiger partial charge is 0.226 e. The first-order valence-corrected chi connectivity index (χ1v) is 3.65. The zero-order valence-corrected chi connectivity index (χ0v) is 6.74. The molecule has 1 aromatic rings. The van der Waals surface area contributed by atoms with Gasteiger partial charge in [0.05, 0.1) is 6.10 Å². The van der Waals surface area contributed by atoms with E-state index in [-0.39, 0.29) is 6.10 Å². The minimum Gasteiger partial charge on any atom is -0.393 e. The second-order valence-corrected chi connectivity index (χ2v) is 2.62. The van der Waals surface area contributed by atoms with Gasteiger partial charge < -0.3 is 9.63 Å². The van der Waals surface area contributed by atoms with Gasteiger partial charge in [0.15, 0.2) is 5.82 Å². The van der Waals surface area contributed by atoms with E-state index in [4.69, 9.17) is 9.63 Å². The summed E-state index contributed by atoms with van der Waals surface area (Å²) in [7, 11) is 0. The Balaban J connectivity index is 2.39. The highest BCUT2D eigenvalue weighted by atomic mass is 16.5. The number of aryl methyl sites for hydroxylation is 2. The van der Waals surface area contributed by atoms with Crippen LogP contribution in [0, 0.1) is 6.92 Å². The molecule has 4 heteroatoms. The molecule has 1 rings (SSSR count). The Bertz CT molecular complexity index is 220. The molecule has 1 unspecified atom stereocenters. The molecule has 0 radical (unpaired) electrons. The summed E-state index contributed by atoms with van der Waals surface area (Å²) in [5, 5.41) is 12.6. The van der Waals surface area contributed by atoms with Crippen molar-refractivity contribution in [3.05, 3.63) is 11.7 Å². The van der Waals surface area contributed by atoms with Gasteiger partial charge in [0.1, 0.15) is 0 Å². The summed E-state index contributed by atoms with van der Waals surface area (Å²) in [5.41, 5.74) is 0. The molecule has 0 aliphatic rings. The number of aliphatic hydroxyl groups excluding tert-OH is 1. The Kier molecular flexibility index (Phi) is 2.59. The zero-order valence-electron chi connectivity index (χ0n) is 6.74. The standard InChI is InChI=1S/C7H12N2O2/c1-5(10)3-4-7-8-6(2)9-11-7/h5,10H,3-4H2,1-2H3. The molecule has 0 aliphatic heterocycles. The molecule has 1 heterocycles. The van der Waals surface area contributed by atoms with Gasteiger partial charge in [0.25, 0.3) is 0 Å². The molecule has 0 aromatic carbocycles. The molecule has 0 bridgehead atoms. The van der Waals surface area contributed by atoms with Crippen LogP contribution in [-0.2, 0) is 6.42 Å². The van der Waals surface area contributed by atoms with Crippen LogP contribution in [0.15, 0.2) is 4.52 Å². The van der Waals surface area contributed by atoms with Crippen molar-refractivity contribution in [2.45, 2.75) is 32.8 Å². The van der Waals surface area contributed by atoms with E-state index < -0.39 is 0 Å². The van der Waals surface area contributed by atoms with Gasteiger partial charge in [0.2, 0.25) is 5.89 Å². The number of hydrogen-bond acceptors (Lipinski definition) is 4. The summed E-state index contributed by atoms with van der Waals surface area (Å²) in [5.74, 6) is 1.24. The van der Waals surface area contributed by atoms with Crippen molar-refractivity contribution in [3.8, 4) is 0 Å². The lowest BCUT2D eigenvalue weighted by atomic mass is 10.2. The molecule has 0 spiro atoms. The average molecular weight is 156 g/mol. The van der Waals surface area contributed by atoms with Gasteiger partial charge in [-0.1, -0.05) is 5.16 Å². The van der Waals surface area contributed by atoms with Crippen LogP contribution in [0.4, 0.5) is 0 Å². The molecule has 1 aromatic heterocycles. The first-order valence-electron chi connectivity index (χ1n) is 3.65. The molecule has 1 N–H and O–H groups in total. The summed E-state index contributed by atoms with van der Waals surface area (Å²) in [6, 6.07) is 0. The Morgan fingerprint density at radius 1 is 1.64 bits per heavy atom. The number of hydrogen-bond donors (Lipinski definition) is 1. The van der Waals surface area contributed by atoms with Crippen molar-refractivity contribution >= 4 is 0 Å². The van der Waals surface area contributed by atoms with E-state index in [1.54, 1.807) is 13.8 Å². The van der Waals surface area contributed by atoms with Gasteiger partial charge in [-0.25, -0.2) is 0 Å². The van der Waals surface area contributed by atoms with Crippen LogP contribution in [0.1, 0.15) is 25.1 Å². The van der Waals surface area contributed by atoms with Gasteiger partial charge in [-0.3, -0.25) is 0 Å². The van der Waals surface area contributed by atoms with E-state index in [1.165, 1.54) is 0 Å². The lowest BCUT2D eigenvalue weighted by Gasteiger charge is -1.97. The van der Waals surface area contributed by atoms with Crippen LogP contribution < -0.4 is 0 Å². The molecule has 4 nitrogen and oxygen atoms in total. The van der Waals surface area contributed by atoms with Crippen LogP contribution >= 0.6 is 0 Å². The molecule has 62 valence electrons. The molecular formula is C7H12N2O2. The first kappa shape index (κ1) is 8.20. The third-order valence-corrected chi connectivity index (χ3v) is 1.35. The number of rotatable bonds is 3. The predicted molar refractivity (Wildman–Crippen MR) is 39.0 cm³/mol. The van der Waals surface area contributed by atoms with Crippen molar-refractivity contribution in [3.63, 3.8) is 0 Å². The summed E-state index contributed by atoms with van der Waals surface area (Å²) in [6.07, 6.45) is 1.02. The van der Waals surface area contributed by atoms with E-state index in [9.17, 15) is 0 Å². The third-order valence-electron chi connectivity index (χ3n) is 1.35. The first-order chi connectivity index (χ1) is 5.18. The molecule has 0 saturated carbocycles. The Hall–Kier alpha value is -0.900. The SMILES string of the molecule is Cc1noc(CCC(C)O)n1. The average Bonchev–Trinajstić information content (AvgIpc) is 2.31. The maximum absolute atomic E-state index is 8.93. The van der Waals surface area contributed by atoms with E-state index >= 15 is 0 Å². The highest BCUT2D eigenvalue weighted by Gasteiger charge is 2.03. The topological polar surface area (TPSA) is 59.2 Å². The summed E-state index contributed by atoms with van der Waals surface area (Å²) in [6.45, 7) is 3.51. The third kappa shape index (κ3) is 2.67. The van der Waals surface area contributed by atoms with Gasteiger partial charge in [-0.2, -0.15) is 4.98 Å². The predicted octanol–water partition coefficient (Wildman–Crippen LogP) is 0.691. The van der Waals surface area contributed by atoms with E-state index in [0.29, 0.717) is 24.6 Å². The molecule has 0 saturated heterocycles. The fourth-order valence-corrected chi connectivity index (χ4v) is 0.774. The fourth-order valence-electron chi connectivity index (χ4n) is 0.774. The largest absolute Gasteiger partial charge is 0.393 e. The van der Waals surface area contributed by atoms with Gasteiger partial charge in [-0.05, 0) is 20.3 Å². The van der Waals surface area contributed by atoms with Crippen molar-refractivity contribution in [1.29, 1.82) is 0 Å². The summed E-state index contributed by atoms with van der Waals surface area (Å²) >= 11 is 0. The van der Waals surface area contributed by atoms with E-state index in [2.05, 4.69) is 10.1 Å². The fraction of sp³-hybridized carbons (Fsp3) is 0.714. The number of nitrogens with zero attached hydrogens (tertiary/aromatic N) is 2. The van der Waals surface area contributed by atoms with Crippen molar-refractivity contribution in [2.24, 2.45) is 0 Å². The van der Waals surface area contributed by atoms with Crippen molar-refractivity contribution < 1.29 is 9.63 Å². The zero-order chi connectivity index (χ0) is 8.27. The van der Waals surface area contributed by atoms with Crippen LogP contribution in [0.5, 0.6) is 0 Å². The monoisotopic (exact) mass is 156 g/mol. The van der Waals surface area contributed by atoms with Gasteiger partial charge in [0, 0.05) is 6.42 Å². The van der Waals surface area contributed by atoms with Gasteiger partial charge in [-0.15, -0.1) is 0 Å². The molecule has 0 fully saturated rings. The lowest BCUT2D eigenvalue weighted by Crippen LogP contribution is -2.01. The quantitative estimate of drug-likeness (QED) is 0.699. The Morgan fingerprint density at radius 3 is 2.82 bits per heavy atom. The van der Waals surface area contributed by atoms with E-state index in [1.807, 2.05) is 0 Å². The maximum atomic E-state index is 8.93. The molecular weight excluding hydrogens is 144 g/mol. The summed E-state index contributed by atoms with van der Waals surface area (Å²) in [4.78, 5) is 3.99. The normalized spacial score (nSPS) is 13.4. The maximum Gasteiger partial charge on any atom is 0.226 e. The van der Waals surface area contributed by atoms with Crippen molar-refractivity contribution in [2.75, 3.05) is 0 Å². The van der Waals surface area contributed by atoms with Crippen LogP contribution in [0.25, 0.3) is 0 Å². The highest BCUT2D eigenvalue weighted by Crippen LogP contribution is 2.01. The second-order valence-electron chi connectivity index (χ2n) is 2.62. The minimum absolute atomic E-state index is 0.304. The van der Waals surface area contributed by atoms with Crippen LogP contribution in [0.3, 0.4) is 0 Å².